The fourth-order valence-electron chi connectivity index (χ4n) is 5.24. The number of carbonyl (C=O) groups excluding carboxylic acids is 1. The number of aryl methyl sites for hydroxylation is 1. The maximum Gasteiger partial charge on any atom is 0.256 e. The van der Waals surface area contributed by atoms with Crippen molar-refractivity contribution >= 4 is 44.7 Å². The van der Waals surface area contributed by atoms with Crippen LogP contribution in [0.1, 0.15) is 60.3 Å². The lowest BCUT2D eigenvalue weighted by Crippen LogP contribution is -2.39. The lowest BCUT2D eigenvalue weighted by molar-refractivity contribution is 0.0607. The molecule has 2 fully saturated rings. The summed E-state index contributed by atoms with van der Waals surface area (Å²) in [5.74, 6) is 1.35. The molecular formula is C25H31ClN6O3S. The molecule has 2 saturated heterocycles. The van der Waals surface area contributed by atoms with Gasteiger partial charge in [0.25, 0.3) is 5.91 Å². The number of benzene rings is 1. The van der Waals surface area contributed by atoms with Crippen LogP contribution in [-0.2, 0) is 10.0 Å². The molecule has 5 rings (SSSR count). The summed E-state index contributed by atoms with van der Waals surface area (Å²) in [6, 6.07) is 6.41. The molecule has 2 aliphatic rings. The van der Waals surface area contributed by atoms with E-state index in [9.17, 15) is 13.2 Å². The summed E-state index contributed by atoms with van der Waals surface area (Å²) in [6.07, 6.45) is 6.73. The molecule has 2 aliphatic heterocycles. The highest BCUT2D eigenvalue weighted by Crippen LogP contribution is 2.34. The van der Waals surface area contributed by atoms with Gasteiger partial charge in [-0.05, 0) is 68.4 Å². The molecule has 0 bridgehead atoms. The van der Waals surface area contributed by atoms with E-state index in [0.29, 0.717) is 17.5 Å². The third-order valence-corrected chi connectivity index (χ3v) is 7.80. The Labute approximate surface area is 216 Å². The highest BCUT2D eigenvalue weighted by atomic mass is 35.5. The minimum Gasteiger partial charge on any atom is -0.355 e. The van der Waals surface area contributed by atoms with Crippen molar-refractivity contribution in [1.82, 2.24) is 19.5 Å². The lowest BCUT2D eigenvalue weighted by atomic mass is 9.98. The van der Waals surface area contributed by atoms with E-state index in [4.69, 9.17) is 21.7 Å². The van der Waals surface area contributed by atoms with Crippen LogP contribution in [0.25, 0.3) is 5.65 Å². The number of rotatable bonds is 5. The molecule has 0 aliphatic carbocycles. The number of carbonyl (C=O) groups is 1. The molecule has 9 nitrogen and oxygen atoms in total. The van der Waals surface area contributed by atoms with Crippen molar-refractivity contribution in [2.45, 2.75) is 45.6 Å². The standard InChI is InChI=1S/C25H31ClN6O3S/c1-16-9-11-30(14-16)24-17(2)12-23-27-21(15-32(23)28-24)22-6-4-5-10-31(22)25(33)19-13-18(26)7-8-20(19)29-36(3,34)35/h7-8,12-13,15-16,22,29H,4-6,9-11,14H2,1-3H3/t16-,22-/m0/s1. The van der Waals surface area contributed by atoms with Crippen LogP contribution < -0.4 is 9.62 Å². The number of nitrogens with zero attached hydrogens (tertiary/aromatic N) is 5. The van der Waals surface area contributed by atoms with Gasteiger partial charge in [-0.2, -0.15) is 0 Å². The van der Waals surface area contributed by atoms with Crippen LogP contribution >= 0.6 is 11.6 Å². The predicted octanol–water partition coefficient (Wildman–Crippen LogP) is 4.28. The smallest absolute Gasteiger partial charge is 0.256 e. The van der Waals surface area contributed by atoms with E-state index < -0.39 is 10.0 Å². The maximum atomic E-state index is 13.7. The van der Waals surface area contributed by atoms with Gasteiger partial charge in [0.15, 0.2) is 11.5 Å². The number of aromatic nitrogens is 3. The zero-order valence-electron chi connectivity index (χ0n) is 20.7. The number of amides is 1. The van der Waals surface area contributed by atoms with E-state index in [0.717, 1.165) is 67.8 Å². The third kappa shape index (κ3) is 5.01. The minimum atomic E-state index is -3.57. The molecule has 4 heterocycles. The highest BCUT2D eigenvalue weighted by Gasteiger charge is 2.32. The fourth-order valence-corrected chi connectivity index (χ4v) is 5.99. The number of piperidine rings is 1. The first kappa shape index (κ1) is 24.8. The first-order chi connectivity index (χ1) is 17.1. The van der Waals surface area contributed by atoms with Crippen LogP contribution in [0.2, 0.25) is 5.02 Å². The van der Waals surface area contributed by atoms with Crippen molar-refractivity contribution in [1.29, 1.82) is 0 Å². The van der Waals surface area contributed by atoms with Gasteiger partial charge in [-0.15, -0.1) is 5.10 Å². The number of halogens is 1. The second-order valence-electron chi connectivity index (χ2n) is 10.0. The molecule has 0 unspecified atom stereocenters. The van der Waals surface area contributed by atoms with Gasteiger partial charge in [-0.1, -0.05) is 18.5 Å². The monoisotopic (exact) mass is 530 g/mol. The van der Waals surface area contributed by atoms with Gasteiger partial charge >= 0.3 is 0 Å². The second-order valence-corrected chi connectivity index (χ2v) is 12.2. The van der Waals surface area contributed by atoms with Crippen molar-refractivity contribution < 1.29 is 13.2 Å². The van der Waals surface area contributed by atoms with Crippen LogP contribution in [0, 0.1) is 12.8 Å². The summed E-state index contributed by atoms with van der Waals surface area (Å²) in [7, 11) is -3.57. The fraction of sp³-hybridized carbons (Fsp3) is 0.480. The number of hydrogen-bond acceptors (Lipinski definition) is 6. The highest BCUT2D eigenvalue weighted by molar-refractivity contribution is 7.92. The quantitative estimate of drug-likeness (QED) is 0.528. The molecule has 0 saturated carbocycles. The Balaban J connectivity index is 1.49. The molecule has 11 heteroatoms. The van der Waals surface area contributed by atoms with Crippen LogP contribution in [0.4, 0.5) is 11.5 Å². The van der Waals surface area contributed by atoms with Crippen LogP contribution in [0.3, 0.4) is 0 Å². The molecule has 0 radical (unpaired) electrons. The number of sulfonamides is 1. The Kier molecular flexibility index (Phi) is 6.59. The Hall–Kier alpha value is -2.85. The van der Waals surface area contributed by atoms with Crippen LogP contribution in [-0.4, -0.2) is 59.7 Å². The van der Waals surface area contributed by atoms with Gasteiger partial charge in [-0.3, -0.25) is 9.52 Å². The molecule has 2 atom stereocenters. The molecule has 1 aromatic carbocycles. The average molecular weight is 531 g/mol. The first-order valence-corrected chi connectivity index (χ1v) is 14.6. The van der Waals surface area contributed by atoms with Crippen molar-refractivity contribution in [2.24, 2.45) is 5.92 Å². The van der Waals surface area contributed by atoms with E-state index >= 15 is 0 Å². The van der Waals surface area contributed by atoms with Gasteiger partial charge in [-0.25, -0.2) is 17.9 Å². The Morgan fingerprint density at radius 1 is 1.17 bits per heavy atom. The largest absolute Gasteiger partial charge is 0.355 e. The normalized spacial score (nSPS) is 20.8. The summed E-state index contributed by atoms with van der Waals surface area (Å²) < 4.78 is 28.1. The molecule has 36 heavy (non-hydrogen) atoms. The summed E-state index contributed by atoms with van der Waals surface area (Å²) in [6.45, 7) is 6.86. The minimum absolute atomic E-state index is 0.216. The summed E-state index contributed by atoms with van der Waals surface area (Å²) in [4.78, 5) is 22.7. The van der Waals surface area contributed by atoms with E-state index in [1.165, 1.54) is 12.1 Å². The van der Waals surface area contributed by atoms with Gasteiger partial charge in [0.05, 0.1) is 35.4 Å². The van der Waals surface area contributed by atoms with E-state index in [1.807, 2.05) is 10.7 Å². The van der Waals surface area contributed by atoms with Gasteiger partial charge < -0.3 is 9.80 Å². The van der Waals surface area contributed by atoms with Crippen molar-refractivity contribution in [3.63, 3.8) is 0 Å². The molecule has 192 valence electrons. The summed E-state index contributed by atoms with van der Waals surface area (Å²) >= 11 is 6.19. The number of hydrogen-bond donors (Lipinski definition) is 1. The number of nitrogens with one attached hydrogen (secondary N) is 1. The zero-order valence-corrected chi connectivity index (χ0v) is 22.3. The molecule has 3 aromatic rings. The SMILES string of the molecule is Cc1cc2nc([C@@H]3CCCCN3C(=O)c3cc(Cl)ccc3NS(C)(=O)=O)cn2nc1N1CC[C@H](C)C1. The Bertz CT molecular complexity index is 1420. The number of fused-ring (bicyclic) bond motifs is 1. The van der Waals surface area contributed by atoms with Gasteiger partial charge in [0, 0.05) is 24.7 Å². The van der Waals surface area contributed by atoms with E-state index in [-0.39, 0.29) is 23.2 Å². The molecule has 0 spiro atoms. The van der Waals surface area contributed by atoms with E-state index in [2.05, 4.69) is 29.5 Å². The van der Waals surface area contributed by atoms with Crippen molar-refractivity contribution in [2.75, 3.05) is 35.5 Å². The van der Waals surface area contributed by atoms with Crippen molar-refractivity contribution in [3.05, 3.63) is 52.3 Å². The number of imidazole rings is 1. The lowest BCUT2D eigenvalue weighted by Gasteiger charge is -2.35. The van der Waals surface area contributed by atoms with Crippen LogP contribution in [0.15, 0.2) is 30.5 Å². The Morgan fingerprint density at radius 2 is 1.97 bits per heavy atom. The molecule has 1 amide bonds. The summed E-state index contributed by atoms with van der Waals surface area (Å²) in [5, 5.41) is 5.25. The molecular weight excluding hydrogens is 500 g/mol. The average Bonchev–Trinajstić information content (AvgIpc) is 3.44. The van der Waals surface area contributed by atoms with E-state index in [1.54, 1.807) is 11.0 Å². The maximum absolute atomic E-state index is 13.7. The topological polar surface area (TPSA) is 99.9 Å². The third-order valence-electron chi connectivity index (χ3n) is 6.97. The predicted molar refractivity (Wildman–Crippen MR) is 141 cm³/mol. The van der Waals surface area contributed by atoms with Crippen LogP contribution in [0.5, 0.6) is 0 Å². The number of likely N-dealkylation sites (tertiary alicyclic amines) is 1. The van der Waals surface area contributed by atoms with Gasteiger partial charge in [0.2, 0.25) is 10.0 Å². The Morgan fingerprint density at radius 3 is 2.69 bits per heavy atom. The second kappa shape index (κ2) is 9.55. The van der Waals surface area contributed by atoms with Gasteiger partial charge in [0.1, 0.15) is 0 Å². The summed E-state index contributed by atoms with van der Waals surface area (Å²) in [5.41, 5.74) is 3.05. The molecule has 1 N–H and O–H groups in total. The first-order valence-electron chi connectivity index (χ1n) is 12.3. The van der Waals surface area contributed by atoms with Crippen molar-refractivity contribution in [3.8, 4) is 0 Å². The molecule has 2 aromatic heterocycles. The zero-order chi connectivity index (χ0) is 25.6. The number of anilines is 2.